The summed E-state index contributed by atoms with van der Waals surface area (Å²) >= 11 is 0. The molecule has 32 heavy (non-hydrogen) atoms. The molecule has 0 aliphatic heterocycles. The van der Waals surface area contributed by atoms with Crippen LogP contribution in [0.5, 0.6) is 0 Å². The van der Waals surface area contributed by atoms with Gasteiger partial charge in [-0.3, -0.25) is 4.72 Å². The molecule has 0 fully saturated rings. The number of aryl methyl sites for hydroxylation is 2. The van der Waals surface area contributed by atoms with Crippen LogP contribution in [0, 0.1) is 13.8 Å². The molecular weight excluding hydrogens is 469 g/mol. The molecule has 0 spiro atoms. The van der Waals surface area contributed by atoms with Crippen molar-refractivity contribution in [2.45, 2.75) is 29.8 Å². The minimum atomic E-state index is -4.59. The van der Waals surface area contributed by atoms with Crippen molar-refractivity contribution in [2.75, 3.05) is 9.44 Å². The molecule has 0 radical (unpaired) electrons. The lowest BCUT2D eigenvalue weighted by Gasteiger charge is -2.11. The molecule has 2 aromatic carbocycles. The van der Waals surface area contributed by atoms with Crippen molar-refractivity contribution < 1.29 is 30.0 Å². The maximum Gasteiger partial charge on any atom is 0.416 e. The van der Waals surface area contributed by atoms with Crippen molar-refractivity contribution in [3.63, 3.8) is 0 Å². The molecule has 0 atom stereocenters. The Labute approximate surface area is 182 Å². The lowest BCUT2D eigenvalue weighted by atomic mass is 10.2. The van der Waals surface area contributed by atoms with E-state index in [-0.39, 0.29) is 21.4 Å². The fourth-order valence-electron chi connectivity index (χ4n) is 2.69. The van der Waals surface area contributed by atoms with Crippen molar-refractivity contribution in [1.82, 2.24) is 9.97 Å². The predicted octanol–water partition coefficient (Wildman–Crippen LogP) is 3.71. The van der Waals surface area contributed by atoms with Gasteiger partial charge in [-0.05, 0) is 68.4 Å². The van der Waals surface area contributed by atoms with Crippen LogP contribution in [0.3, 0.4) is 0 Å². The Hall–Kier alpha value is -3.19. The number of aromatic nitrogens is 2. The Balaban J connectivity index is 1.77. The van der Waals surface area contributed by atoms with Crippen LogP contribution in [-0.4, -0.2) is 26.8 Å². The Bertz CT molecular complexity index is 1320. The third kappa shape index (κ3) is 5.53. The Morgan fingerprint density at radius 3 is 1.62 bits per heavy atom. The number of benzene rings is 2. The molecular formula is C19H17F3N4O4S2. The number of alkyl halides is 3. The number of hydrogen-bond donors (Lipinski definition) is 2. The average molecular weight is 486 g/mol. The van der Waals surface area contributed by atoms with Crippen molar-refractivity contribution in [3.8, 4) is 0 Å². The highest BCUT2D eigenvalue weighted by molar-refractivity contribution is 7.93. The molecule has 0 bridgehead atoms. The summed E-state index contributed by atoms with van der Waals surface area (Å²) in [6.07, 6.45) is -4.59. The van der Waals surface area contributed by atoms with E-state index in [0.29, 0.717) is 23.5 Å². The van der Waals surface area contributed by atoms with Crippen LogP contribution in [-0.2, 0) is 26.2 Å². The van der Waals surface area contributed by atoms with Crippen molar-refractivity contribution in [1.29, 1.82) is 0 Å². The second-order valence-electron chi connectivity index (χ2n) is 6.73. The quantitative estimate of drug-likeness (QED) is 0.548. The zero-order valence-corrected chi connectivity index (χ0v) is 18.3. The standard InChI is InChI=1S/C19H17F3N4O4S2/c1-12-11-13(2)24-18(23-12)26-32(29,30)17-9-5-15(6-10-17)25-31(27,28)16-7-3-14(4-8-16)19(20,21)22/h3-11,25H,1-2H3,(H,23,24,26). The molecule has 3 aromatic rings. The van der Waals surface area contributed by atoms with Crippen LogP contribution in [0.25, 0.3) is 0 Å². The number of rotatable bonds is 6. The van der Waals surface area contributed by atoms with Gasteiger partial charge in [-0.25, -0.2) is 31.5 Å². The zero-order valence-electron chi connectivity index (χ0n) is 16.7. The first-order valence-corrected chi connectivity index (χ1v) is 11.9. The molecule has 0 aliphatic rings. The van der Waals surface area contributed by atoms with Crippen molar-refractivity contribution in [3.05, 3.63) is 71.5 Å². The van der Waals surface area contributed by atoms with E-state index in [2.05, 4.69) is 19.4 Å². The monoisotopic (exact) mass is 486 g/mol. The molecule has 1 heterocycles. The van der Waals surface area contributed by atoms with Gasteiger partial charge in [0, 0.05) is 17.1 Å². The topological polar surface area (TPSA) is 118 Å². The first kappa shape index (κ1) is 23.5. The summed E-state index contributed by atoms with van der Waals surface area (Å²) < 4.78 is 92.3. The van der Waals surface area contributed by atoms with Crippen molar-refractivity contribution in [2.24, 2.45) is 0 Å². The summed E-state index contributed by atoms with van der Waals surface area (Å²) in [6, 6.07) is 9.39. The number of sulfonamides is 2. The third-order valence-electron chi connectivity index (χ3n) is 4.12. The second kappa shape index (κ2) is 8.39. The summed E-state index contributed by atoms with van der Waals surface area (Å²) in [5.74, 6) is -0.102. The number of nitrogens with zero attached hydrogens (tertiary/aromatic N) is 2. The van der Waals surface area contributed by atoms with Crippen molar-refractivity contribution >= 4 is 31.7 Å². The fraction of sp³-hybridized carbons (Fsp3) is 0.158. The minimum Gasteiger partial charge on any atom is -0.280 e. The summed E-state index contributed by atoms with van der Waals surface area (Å²) in [5, 5.41) is 0. The molecule has 170 valence electrons. The van der Waals surface area contributed by atoms with Gasteiger partial charge in [0.2, 0.25) is 5.95 Å². The van der Waals surface area contributed by atoms with Crippen LogP contribution in [0.2, 0.25) is 0 Å². The van der Waals surface area contributed by atoms with Crippen LogP contribution in [0.1, 0.15) is 17.0 Å². The van der Waals surface area contributed by atoms with E-state index in [1.807, 2.05) is 0 Å². The van der Waals surface area contributed by atoms with E-state index in [1.54, 1.807) is 19.9 Å². The van der Waals surface area contributed by atoms with Gasteiger partial charge in [0.25, 0.3) is 20.0 Å². The molecule has 0 amide bonds. The maximum absolute atomic E-state index is 12.6. The molecule has 8 nitrogen and oxygen atoms in total. The summed E-state index contributed by atoms with van der Waals surface area (Å²) in [4.78, 5) is 7.46. The zero-order chi connectivity index (χ0) is 23.7. The molecule has 1 aromatic heterocycles. The minimum absolute atomic E-state index is 0.0199. The lowest BCUT2D eigenvalue weighted by Crippen LogP contribution is -2.16. The lowest BCUT2D eigenvalue weighted by molar-refractivity contribution is -0.137. The smallest absolute Gasteiger partial charge is 0.280 e. The van der Waals surface area contributed by atoms with Crippen LogP contribution in [0.15, 0.2) is 64.4 Å². The Morgan fingerprint density at radius 1 is 0.719 bits per heavy atom. The number of halogens is 3. The first-order chi connectivity index (χ1) is 14.8. The maximum atomic E-state index is 12.6. The van der Waals surface area contributed by atoms with E-state index in [0.717, 1.165) is 24.3 Å². The van der Waals surface area contributed by atoms with Gasteiger partial charge in [-0.2, -0.15) is 13.2 Å². The normalized spacial score (nSPS) is 12.4. The Morgan fingerprint density at radius 2 is 1.16 bits per heavy atom. The van der Waals surface area contributed by atoms with Crippen LogP contribution < -0.4 is 9.44 Å². The molecule has 0 saturated heterocycles. The second-order valence-corrected chi connectivity index (χ2v) is 10.1. The predicted molar refractivity (Wildman–Crippen MR) is 111 cm³/mol. The Kier molecular flexibility index (Phi) is 6.15. The summed E-state index contributed by atoms with van der Waals surface area (Å²) in [6.45, 7) is 3.37. The molecule has 0 aliphatic carbocycles. The largest absolute Gasteiger partial charge is 0.416 e. The van der Waals surface area contributed by atoms with Crippen LogP contribution >= 0.6 is 0 Å². The SMILES string of the molecule is Cc1cc(C)nc(NS(=O)(=O)c2ccc(NS(=O)(=O)c3ccc(C(F)(F)F)cc3)cc2)n1. The average Bonchev–Trinajstić information content (AvgIpc) is 2.66. The van der Waals surface area contributed by atoms with Gasteiger partial charge >= 0.3 is 6.18 Å². The molecule has 0 unspecified atom stereocenters. The highest BCUT2D eigenvalue weighted by Gasteiger charge is 2.30. The molecule has 0 saturated carbocycles. The van der Waals surface area contributed by atoms with Gasteiger partial charge in [0.1, 0.15) is 0 Å². The third-order valence-corrected chi connectivity index (χ3v) is 6.86. The number of nitrogens with one attached hydrogen (secondary N) is 2. The van der Waals surface area contributed by atoms with Gasteiger partial charge < -0.3 is 0 Å². The highest BCUT2D eigenvalue weighted by atomic mass is 32.2. The molecule has 13 heteroatoms. The first-order valence-electron chi connectivity index (χ1n) is 8.91. The van der Waals surface area contributed by atoms with E-state index in [4.69, 9.17) is 0 Å². The van der Waals surface area contributed by atoms with Gasteiger partial charge in [0.05, 0.1) is 15.4 Å². The van der Waals surface area contributed by atoms with Crippen LogP contribution in [0.4, 0.5) is 24.8 Å². The van der Waals surface area contributed by atoms with E-state index in [1.165, 1.54) is 12.1 Å². The number of anilines is 2. The summed E-state index contributed by atoms with van der Waals surface area (Å²) in [5.41, 5.74) is 0.184. The van der Waals surface area contributed by atoms with Gasteiger partial charge in [-0.15, -0.1) is 0 Å². The summed E-state index contributed by atoms with van der Waals surface area (Å²) in [7, 11) is -8.22. The van der Waals surface area contributed by atoms with E-state index < -0.39 is 31.8 Å². The fourth-order valence-corrected chi connectivity index (χ4v) is 4.69. The highest BCUT2D eigenvalue weighted by Crippen LogP contribution is 2.30. The molecule has 2 N–H and O–H groups in total. The van der Waals surface area contributed by atoms with Gasteiger partial charge in [0.15, 0.2) is 0 Å². The van der Waals surface area contributed by atoms with E-state index in [9.17, 15) is 30.0 Å². The number of hydrogen-bond acceptors (Lipinski definition) is 6. The van der Waals surface area contributed by atoms with Gasteiger partial charge in [-0.1, -0.05) is 0 Å². The molecule has 3 rings (SSSR count). The van der Waals surface area contributed by atoms with E-state index >= 15 is 0 Å².